The van der Waals surface area contributed by atoms with Crippen molar-refractivity contribution in [2.45, 2.75) is 25.2 Å². The Bertz CT molecular complexity index is 963. The summed E-state index contributed by atoms with van der Waals surface area (Å²) in [7, 11) is -3.54. The third kappa shape index (κ3) is 4.15. The van der Waals surface area contributed by atoms with Gasteiger partial charge in [0.15, 0.2) is 0 Å². The second-order valence-electron chi connectivity index (χ2n) is 5.93. The summed E-state index contributed by atoms with van der Waals surface area (Å²) >= 11 is 0. The summed E-state index contributed by atoms with van der Waals surface area (Å²) in [5.74, 6) is 0.535. The molecule has 130 valence electrons. The van der Waals surface area contributed by atoms with Crippen LogP contribution in [0.15, 0.2) is 64.1 Å². The molecule has 3 aromatic rings. The number of hydrogen-bond acceptors (Lipinski definition) is 4. The predicted molar refractivity (Wildman–Crippen MR) is 96.7 cm³/mol. The largest absolute Gasteiger partial charge is 0.444 e. The molecule has 1 aromatic heterocycles. The molecule has 1 heterocycles. The first kappa shape index (κ1) is 17.4. The predicted octanol–water partition coefficient (Wildman–Crippen LogP) is 3.48. The normalized spacial score (nSPS) is 11.6. The smallest absolute Gasteiger partial charge is 0.240 e. The summed E-state index contributed by atoms with van der Waals surface area (Å²) < 4.78 is 33.0. The lowest BCUT2D eigenvalue weighted by Gasteiger charge is -2.09. The molecule has 1 N–H and O–H groups in total. The summed E-state index contributed by atoms with van der Waals surface area (Å²) in [5, 5.41) is 0. The summed E-state index contributed by atoms with van der Waals surface area (Å²) in [6, 6.07) is 15.0. The lowest BCUT2D eigenvalue weighted by Crippen LogP contribution is -2.26. The Morgan fingerprint density at radius 2 is 1.84 bits per heavy atom. The molecule has 0 aliphatic rings. The zero-order chi connectivity index (χ0) is 17.9. The molecule has 5 nitrogen and oxygen atoms in total. The molecule has 0 unspecified atom stereocenters. The molecule has 6 heteroatoms. The van der Waals surface area contributed by atoms with E-state index in [2.05, 4.69) is 9.71 Å². The van der Waals surface area contributed by atoms with E-state index in [-0.39, 0.29) is 6.54 Å². The molecule has 0 spiro atoms. The standard InChI is InChI=1S/C19H20N2O3S/c1-14-8-9-15(2)18(12-14)25(22,23)20-11-10-17-13-24-19(21-17)16-6-4-3-5-7-16/h3-9,12-13,20H,10-11H2,1-2H3. The van der Waals surface area contributed by atoms with E-state index in [0.717, 1.165) is 16.7 Å². The van der Waals surface area contributed by atoms with Gasteiger partial charge in [0.25, 0.3) is 0 Å². The molecule has 0 aliphatic heterocycles. The number of aromatic nitrogens is 1. The molecule has 0 radical (unpaired) electrons. The van der Waals surface area contributed by atoms with E-state index in [9.17, 15) is 8.42 Å². The SMILES string of the molecule is Cc1ccc(C)c(S(=O)(=O)NCCc2coc(-c3ccccc3)n2)c1. The average Bonchev–Trinajstić information content (AvgIpc) is 3.06. The highest BCUT2D eigenvalue weighted by Crippen LogP contribution is 2.19. The number of rotatable bonds is 6. The van der Waals surface area contributed by atoms with Gasteiger partial charge in [0.2, 0.25) is 15.9 Å². The Balaban J connectivity index is 1.65. The Morgan fingerprint density at radius 1 is 1.08 bits per heavy atom. The van der Waals surface area contributed by atoms with Gasteiger partial charge in [0.05, 0.1) is 10.6 Å². The quantitative estimate of drug-likeness (QED) is 0.734. The fourth-order valence-electron chi connectivity index (χ4n) is 2.52. The van der Waals surface area contributed by atoms with Crippen LogP contribution in [0.25, 0.3) is 11.5 Å². The van der Waals surface area contributed by atoms with E-state index >= 15 is 0 Å². The van der Waals surface area contributed by atoms with Gasteiger partial charge in [-0.3, -0.25) is 0 Å². The van der Waals surface area contributed by atoms with Crippen molar-refractivity contribution >= 4 is 10.0 Å². The second-order valence-corrected chi connectivity index (χ2v) is 7.66. The molecular weight excluding hydrogens is 336 g/mol. The zero-order valence-corrected chi connectivity index (χ0v) is 15.0. The van der Waals surface area contributed by atoms with Crippen LogP contribution in [-0.4, -0.2) is 19.9 Å². The highest BCUT2D eigenvalue weighted by atomic mass is 32.2. The van der Waals surface area contributed by atoms with Gasteiger partial charge >= 0.3 is 0 Å². The molecule has 0 saturated heterocycles. The van der Waals surface area contributed by atoms with Gasteiger partial charge in [-0.1, -0.05) is 30.3 Å². The number of nitrogens with one attached hydrogen (secondary N) is 1. The Hall–Kier alpha value is -2.44. The molecule has 0 atom stereocenters. The summed E-state index contributed by atoms with van der Waals surface area (Å²) in [6.07, 6.45) is 2.02. The van der Waals surface area contributed by atoms with E-state index in [0.29, 0.717) is 22.9 Å². The van der Waals surface area contributed by atoms with Crippen LogP contribution in [0.2, 0.25) is 0 Å². The first-order chi connectivity index (χ1) is 12.0. The maximum absolute atomic E-state index is 12.5. The van der Waals surface area contributed by atoms with Crippen molar-refractivity contribution in [2.24, 2.45) is 0 Å². The number of benzene rings is 2. The Morgan fingerprint density at radius 3 is 2.60 bits per heavy atom. The number of aryl methyl sites for hydroxylation is 2. The summed E-state index contributed by atoms with van der Waals surface area (Å²) in [6.45, 7) is 3.92. The van der Waals surface area contributed by atoms with Crippen LogP contribution >= 0.6 is 0 Å². The van der Waals surface area contributed by atoms with E-state index in [1.165, 1.54) is 0 Å². The van der Waals surface area contributed by atoms with Gasteiger partial charge in [-0.2, -0.15) is 0 Å². The van der Waals surface area contributed by atoms with Crippen LogP contribution < -0.4 is 4.72 Å². The second kappa shape index (κ2) is 7.21. The lowest BCUT2D eigenvalue weighted by atomic mass is 10.2. The molecule has 25 heavy (non-hydrogen) atoms. The maximum atomic E-state index is 12.5. The highest BCUT2D eigenvalue weighted by molar-refractivity contribution is 7.89. The van der Waals surface area contributed by atoms with Gasteiger partial charge in [0.1, 0.15) is 6.26 Å². The molecular formula is C19H20N2O3S. The molecule has 0 bridgehead atoms. The van der Waals surface area contributed by atoms with E-state index in [1.807, 2.05) is 49.4 Å². The molecule has 0 saturated carbocycles. The third-order valence-electron chi connectivity index (χ3n) is 3.88. The first-order valence-corrected chi connectivity index (χ1v) is 9.51. The topological polar surface area (TPSA) is 72.2 Å². The number of hydrogen-bond donors (Lipinski definition) is 1. The van der Waals surface area contributed by atoms with Crippen LogP contribution in [0.4, 0.5) is 0 Å². The molecule has 0 aliphatic carbocycles. The number of nitrogens with zero attached hydrogens (tertiary/aromatic N) is 1. The molecule has 3 rings (SSSR count). The van der Waals surface area contributed by atoms with Crippen LogP contribution in [0.1, 0.15) is 16.8 Å². The zero-order valence-electron chi connectivity index (χ0n) is 14.2. The van der Waals surface area contributed by atoms with Gasteiger partial charge in [-0.05, 0) is 43.2 Å². The maximum Gasteiger partial charge on any atom is 0.240 e. The van der Waals surface area contributed by atoms with Crippen molar-refractivity contribution in [3.8, 4) is 11.5 Å². The van der Waals surface area contributed by atoms with Crippen LogP contribution in [0, 0.1) is 13.8 Å². The van der Waals surface area contributed by atoms with Crippen LogP contribution in [-0.2, 0) is 16.4 Å². The third-order valence-corrected chi connectivity index (χ3v) is 5.48. The van der Waals surface area contributed by atoms with Crippen molar-refractivity contribution in [2.75, 3.05) is 6.54 Å². The fraction of sp³-hybridized carbons (Fsp3) is 0.211. The molecule has 0 amide bonds. The fourth-order valence-corrected chi connectivity index (χ4v) is 3.88. The number of sulfonamides is 1. The van der Waals surface area contributed by atoms with Gasteiger partial charge in [-0.25, -0.2) is 18.1 Å². The summed E-state index contributed by atoms with van der Waals surface area (Å²) in [5.41, 5.74) is 3.24. The van der Waals surface area contributed by atoms with Crippen LogP contribution in [0.5, 0.6) is 0 Å². The minimum absolute atomic E-state index is 0.260. The van der Waals surface area contributed by atoms with Gasteiger partial charge in [-0.15, -0.1) is 0 Å². The van der Waals surface area contributed by atoms with E-state index in [1.54, 1.807) is 19.3 Å². The van der Waals surface area contributed by atoms with E-state index in [4.69, 9.17) is 4.42 Å². The van der Waals surface area contributed by atoms with Crippen LogP contribution in [0.3, 0.4) is 0 Å². The Labute approximate surface area is 147 Å². The Kier molecular flexibility index (Phi) is 5.01. The van der Waals surface area contributed by atoms with Gasteiger partial charge < -0.3 is 4.42 Å². The van der Waals surface area contributed by atoms with E-state index < -0.39 is 10.0 Å². The number of oxazole rings is 1. The highest BCUT2D eigenvalue weighted by Gasteiger charge is 2.16. The molecule has 2 aromatic carbocycles. The lowest BCUT2D eigenvalue weighted by molar-refractivity contribution is 0.570. The monoisotopic (exact) mass is 356 g/mol. The summed E-state index contributed by atoms with van der Waals surface area (Å²) in [4.78, 5) is 4.72. The average molecular weight is 356 g/mol. The molecule has 0 fully saturated rings. The van der Waals surface area contributed by atoms with Crippen molar-refractivity contribution < 1.29 is 12.8 Å². The van der Waals surface area contributed by atoms with Crippen molar-refractivity contribution in [3.63, 3.8) is 0 Å². The van der Waals surface area contributed by atoms with Crippen molar-refractivity contribution in [3.05, 3.63) is 71.6 Å². The van der Waals surface area contributed by atoms with Gasteiger partial charge in [0, 0.05) is 18.5 Å². The van der Waals surface area contributed by atoms with Crippen molar-refractivity contribution in [1.29, 1.82) is 0 Å². The van der Waals surface area contributed by atoms with Crippen molar-refractivity contribution in [1.82, 2.24) is 9.71 Å². The first-order valence-electron chi connectivity index (χ1n) is 8.02. The minimum atomic E-state index is -3.54. The minimum Gasteiger partial charge on any atom is -0.444 e.